The minimum absolute atomic E-state index is 0.107. The fourth-order valence-electron chi connectivity index (χ4n) is 9.77. The Morgan fingerprint density at radius 3 is 1.35 bits per heavy atom. The van der Waals surface area contributed by atoms with Crippen molar-refractivity contribution in [3.05, 3.63) is 97.2 Å². The van der Waals surface area contributed by atoms with Gasteiger partial charge in [0, 0.05) is 6.42 Å². The zero-order chi connectivity index (χ0) is 58.9. The Morgan fingerprint density at radius 2 is 0.889 bits per heavy atom. The van der Waals surface area contributed by atoms with E-state index in [1.165, 1.54) is 116 Å². The standard InChI is InChI=1S/C70H121NO10/c1-4-7-10-13-16-19-22-25-26-27-28-29-30-31-32-33-34-35-36-37-38-40-43-46-49-52-55-58-65(75)81-68-67(77)66(76)64(59-72)80-70(68)79-60-61(62(73)56-53-50-47-44-42-39-23-20-17-14-11-8-5-2)71-69(78)63(74)57-54-51-48-45-41-24-21-18-15-12-9-6-3/h7,10,16,19,25-26,28-29,31-32,34-35,41,45,53,56,61-64,66-68,70,72-74,76-77H,4-6,8-9,11-15,17-18,20-24,27,30,33,36-40,42-44,46-52,54-55,57-60H2,1-3H3,(H,71,78)/b10-7-,19-16-,26-25-,29-28-,32-31-,35-34-,45-41-,56-53+. The number of aliphatic hydroxyl groups excluding tert-OH is 5. The van der Waals surface area contributed by atoms with Gasteiger partial charge in [-0.2, -0.15) is 0 Å². The summed E-state index contributed by atoms with van der Waals surface area (Å²) in [5.41, 5.74) is 0. The van der Waals surface area contributed by atoms with Gasteiger partial charge in [0.15, 0.2) is 12.4 Å². The number of ether oxygens (including phenoxy) is 3. The van der Waals surface area contributed by atoms with Crippen molar-refractivity contribution in [2.24, 2.45) is 0 Å². The number of hydrogen-bond donors (Lipinski definition) is 6. The molecule has 0 spiro atoms. The number of rotatable bonds is 55. The van der Waals surface area contributed by atoms with Gasteiger partial charge in [0.1, 0.15) is 24.4 Å². The molecule has 0 aliphatic carbocycles. The van der Waals surface area contributed by atoms with Crippen molar-refractivity contribution in [3.8, 4) is 0 Å². The average Bonchev–Trinajstić information content (AvgIpc) is 3.50. The summed E-state index contributed by atoms with van der Waals surface area (Å²) >= 11 is 0. The summed E-state index contributed by atoms with van der Waals surface area (Å²) in [6.45, 7) is 5.65. The Balaban J connectivity index is 2.60. The minimum atomic E-state index is -1.62. The highest BCUT2D eigenvalue weighted by Gasteiger charge is 2.47. The second-order valence-electron chi connectivity index (χ2n) is 22.5. The van der Waals surface area contributed by atoms with E-state index in [0.717, 1.165) is 109 Å². The molecule has 8 atom stereocenters. The van der Waals surface area contributed by atoms with Gasteiger partial charge in [-0.3, -0.25) is 9.59 Å². The molecule has 11 heteroatoms. The van der Waals surface area contributed by atoms with Crippen LogP contribution in [0.15, 0.2) is 97.2 Å². The normalized spacial score (nSPS) is 19.3. The van der Waals surface area contributed by atoms with Gasteiger partial charge in [-0.15, -0.1) is 0 Å². The monoisotopic (exact) mass is 1140 g/mol. The van der Waals surface area contributed by atoms with Crippen molar-refractivity contribution in [1.29, 1.82) is 0 Å². The van der Waals surface area contributed by atoms with Crippen molar-refractivity contribution in [1.82, 2.24) is 5.32 Å². The van der Waals surface area contributed by atoms with Crippen LogP contribution in [0.4, 0.5) is 0 Å². The molecule has 1 rings (SSSR count). The quantitative estimate of drug-likeness (QED) is 0.0195. The molecule has 1 amide bonds. The molecular weight excluding hydrogens is 1010 g/mol. The van der Waals surface area contributed by atoms with Crippen molar-refractivity contribution in [2.75, 3.05) is 13.2 Å². The first-order chi connectivity index (χ1) is 39.7. The first kappa shape index (κ1) is 75.6. The summed E-state index contributed by atoms with van der Waals surface area (Å²) < 4.78 is 17.6. The van der Waals surface area contributed by atoms with Crippen molar-refractivity contribution < 1.29 is 49.3 Å². The van der Waals surface area contributed by atoms with E-state index in [1.807, 2.05) is 6.08 Å². The Labute approximate surface area is 495 Å². The molecule has 466 valence electrons. The number of carbonyl (C=O) groups is 2. The van der Waals surface area contributed by atoms with Gasteiger partial charge >= 0.3 is 5.97 Å². The number of esters is 1. The zero-order valence-electron chi connectivity index (χ0n) is 51.6. The molecule has 81 heavy (non-hydrogen) atoms. The molecule has 6 N–H and O–H groups in total. The van der Waals surface area contributed by atoms with Gasteiger partial charge < -0.3 is 45.1 Å². The number of amides is 1. The number of unbranched alkanes of at least 4 members (excludes halogenated alkanes) is 27. The fourth-order valence-corrected chi connectivity index (χ4v) is 9.77. The molecule has 0 bridgehead atoms. The van der Waals surface area contributed by atoms with E-state index in [9.17, 15) is 35.1 Å². The lowest BCUT2D eigenvalue weighted by Crippen LogP contribution is -2.61. The van der Waals surface area contributed by atoms with Crippen molar-refractivity contribution >= 4 is 11.9 Å². The van der Waals surface area contributed by atoms with Crippen LogP contribution >= 0.6 is 0 Å². The van der Waals surface area contributed by atoms with Crippen LogP contribution in [0, 0.1) is 0 Å². The van der Waals surface area contributed by atoms with E-state index in [4.69, 9.17) is 14.2 Å². The van der Waals surface area contributed by atoms with Crippen molar-refractivity contribution in [2.45, 2.75) is 320 Å². The second kappa shape index (κ2) is 57.0. The second-order valence-corrected chi connectivity index (χ2v) is 22.5. The van der Waals surface area contributed by atoms with E-state index in [1.54, 1.807) is 6.08 Å². The largest absolute Gasteiger partial charge is 0.454 e. The topological polar surface area (TPSA) is 175 Å². The minimum Gasteiger partial charge on any atom is -0.454 e. The number of hydrogen-bond acceptors (Lipinski definition) is 10. The maximum Gasteiger partial charge on any atom is 0.306 e. The highest BCUT2D eigenvalue weighted by Crippen LogP contribution is 2.26. The van der Waals surface area contributed by atoms with Gasteiger partial charge in [0.25, 0.3) is 0 Å². The Bertz CT molecular complexity index is 1690. The van der Waals surface area contributed by atoms with Crippen LogP contribution in [-0.4, -0.2) is 99.6 Å². The molecule has 1 aliphatic rings. The van der Waals surface area contributed by atoms with Crippen LogP contribution in [0.3, 0.4) is 0 Å². The van der Waals surface area contributed by atoms with Crippen LogP contribution in [0.5, 0.6) is 0 Å². The maximum atomic E-state index is 13.4. The van der Waals surface area contributed by atoms with E-state index >= 15 is 0 Å². The van der Waals surface area contributed by atoms with Crippen LogP contribution in [-0.2, 0) is 23.8 Å². The molecule has 11 nitrogen and oxygen atoms in total. The highest BCUT2D eigenvalue weighted by atomic mass is 16.7. The molecule has 8 unspecified atom stereocenters. The number of aliphatic hydroxyl groups is 5. The van der Waals surface area contributed by atoms with Crippen LogP contribution in [0.1, 0.15) is 271 Å². The molecule has 0 radical (unpaired) electrons. The van der Waals surface area contributed by atoms with E-state index in [2.05, 4.69) is 111 Å². The number of carbonyl (C=O) groups excluding carboxylic acids is 2. The molecule has 1 saturated heterocycles. The summed E-state index contributed by atoms with van der Waals surface area (Å²) in [5.74, 6) is -1.22. The van der Waals surface area contributed by atoms with E-state index in [-0.39, 0.29) is 19.4 Å². The highest BCUT2D eigenvalue weighted by molar-refractivity contribution is 5.80. The summed E-state index contributed by atoms with van der Waals surface area (Å²) in [6, 6.07) is -1.04. The van der Waals surface area contributed by atoms with Gasteiger partial charge in [-0.1, -0.05) is 259 Å². The van der Waals surface area contributed by atoms with Gasteiger partial charge in [0.05, 0.1) is 25.4 Å². The van der Waals surface area contributed by atoms with Gasteiger partial charge in [0.2, 0.25) is 5.91 Å². The molecule has 0 aromatic heterocycles. The molecule has 0 aromatic carbocycles. The lowest BCUT2D eigenvalue weighted by Gasteiger charge is -2.41. The summed E-state index contributed by atoms with van der Waals surface area (Å²) in [5, 5.41) is 57.0. The predicted molar refractivity (Wildman–Crippen MR) is 338 cm³/mol. The Hall–Kier alpha value is -3.42. The molecule has 0 aromatic rings. The first-order valence-corrected chi connectivity index (χ1v) is 33.0. The lowest BCUT2D eigenvalue weighted by molar-refractivity contribution is -0.305. The van der Waals surface area contributed by atoms with Crippen molar-refractivity contribution in [3.63, 3.8) is 0 Å². The smallest absolute Gasteiger partial charge is 0.306 e. The van der Waals surface area contributed by atoms with Crippen LogP contribution in [0.25, 0.3) is 0 Å². The zero-order valence-corrected chi connectivity index (χ0v) is 51.6. The Kier molecular flexibility index (Phi) is 53.2. The predicted octanol–water partition coefficient (Wildman–Crippen LogP) is 16.3. The maximum absolute atomic E-state index is 13.4. The molecule has 1 heterocycles. The summed E-state index contributed by atoms with van der Waals surface area (Å²) in [7, 11) is 0. The number of allylic oxidation sites excluding steroid dienone is 15. The molecule has 1 fully saturated rings. The lowest BCUT2D eigenvalue weighted by atomic mass is 9.99. The molecule has 1 aliphatic heterocycles. The van der Waals surface area contributed by atoms with Gasteiger partial charge in [-0.05, 0) is 103 Å². The third-order valence-electron chi connectivity index (χ3n) is 15.0. The fraction of sp³-hybridized carbons (Fsp3) is 0.743. The molecular formula is C70H121NO10. The third kappa shape index (κ3) is 44.7. The molecule has 0 saturated carbocycles. The first-order valence-electron chi connectivity index (χ1n) is 33.0. The average molecular weight is 1140 g/mol. The van der Waals surface area contributed by atoms with Gasteiger partial charge in [-0.25, -0.2) is 0 Å². The van der Waals surface area contributed by atoms with Crippen LogP contribution in [0.2, 0.25) is 0 Å². The number of nitrogens with one attached hydrogen (secondary N) is 1. The SMILES string of the molecule is CC/C=C\C/C=C\C/C=C\C/C=C\C/C=C\C/C=C\CCCCCCCCCCC(=O)OC1C(OCC(NC(=O)C(O)CCCC/C=C\CCCCCCCC)C(O)/C=C/CCCCCCCCCCCCC)OC(CO)C(O)C1O. The Morgan fingerprint density at radius 1 is 0.494 bits per heavy atom. The third-order valence-corrected chi connectivity index (χ3v) is 15.0. The van der Waals surface area contributed by atoms with E-state index < -0.39 is 67.4 Å². The summed E-state index contributed by atoms with van der Waals surface area (Å²) in [4.78, 5) is 26.6. The summed E-state index contributed by atoms with van der Waals surface area (Å²) in [6.07, 6.45) is 65.9. The van der Waals surface area contributed by atoms with Crippen LogP contribution < -0.4 is 5.32 Å². The van der Waals surface area contributed by atoms with E-state index in [0.29, 0.717) is 12.8 Å².